The first kappa shape index (κ1) is 20.8. The van der Waals surface area contributed by atoms with E-state index < -0.39 is 17.2 Å². The minimum absolute atomic E-state index is 0.204. The number of fused-ring (bicyclic) bond motifs is 2. The first-order valence-electron chi connectivity index (χ1n) is 10.2. The van der Waals surface area contributed by atoms with Crippen LogP contribution in [0.3, 0.4) is 0 Å². The van der Waals surface area contributed by atoms with Gasteiger partial charge < -0.3 is 15.2 Å². The number of aliphatic hydroxyl groups excluding tert-OH is 1. The molecule has 1 aromatic rings. The van der Waals surface area contributed by atoms with Crippen molar-refractivity contribution in [1.82, 2.24) is 10.4 Å². The topological polar surface area (TPSA) is 64.6 Å². The van der Waals surface area contributed by atoms with Crippen molar-refractivity contribution >= 4 is 21.6 Å². The number of nitrogens with zero attached hydrogens (tertiary/aromatic N) is 1. The smallest absolute Gasteiger partial charge is 0.126 e. The van der Waals surface area contributed by atoms with E-state index in [1.807, 2.05) is 55.3 Å². The number of ether oxygens (including phenoxy) is 1. The average Bonchev–Trinajstić information content (AvgIpc) is 3.22. The van der Waals surface area contributed by atoms with Crippen molar-refractivity contribution in [2.24, 2.45) is 0 Å². The van der Waals surface area contributed by atoms with Crippen molar-refractivity contribution in [2.45, 2.75) is 75.5 Å². The lowest BCUT2D eigenvalue weighted by Crippen LogP contribution is -2.42. The predicted molar refractivity (Wildman–Crippen MR) is 115 cm³/mol. The molecule has 7 heteroatoms. The maximum atomic E-state index is 12.8. The third-order valence-electron chi connectivity index (χ3n) is 6.39. The van der Waals surface area contributed by atoms with Gasteiger partial charge in [0.15, 0.2) is 0 Å². The average molecular weight is 424 g/mol. The lowest BCUT2D eigenvalue weighted by atomic mass is 9.86. The Labute approximate surface area is 175 Å². The molecule has 1 fully saturated rings. The molecule has 0 saturated carbocycles. The maximum absolute atomic E-state index is 12.8. The highest BCUT2D eigenvalue weighted by Crippen LogP contribution is 2.50. The molecule has 0 spiro atoms. The van der Waals surface area contributed by atoms with Gasteiger partial charge in [0, 0.05) is 24.1 Å². The van der Waals surface area contributed by atoms with Gasteiger partial charge in [-0.15, -0.1) is 10.3 Å². The molecular formula is C21H31N2O3S2. The summed E-state index contributed by atoms with van der Waals surface area (Å²) in [5.41, 5.74) is 2.16. The molecule has 4 rings (SSSR count). The molecule has 0 aromatic heterocycles. The van der Waals surface area contributed by atoms with Crippen LogP contribution < -0.4 is 10.1 Å². The van der Waals surface area contributed by atoms with Crippen molar-refractivity contribution in [2.75, 3.05) is 18.8 Å². The van der Waals surface area contributed by atoms with Crippen LogP contribution in [0.25, 0.3) is 0 Å². The lowest BCUT2D eigenvalue weighted by molar-refractivity contribution is -0.266. The van der Waals surface area contributed by atoms with Crippen LogP contribution in [-0.2, 0) is 22.7 Å². The van der Waals surface area contributed by atoms with Crippen LogP contribution in [-0.4, -0.2) is 46.5 Å². The number of benzene rings is 1. The Bertz CT molecular complexity index is 735. The van der Waals surface area contributed by atoms with E-state index in [-0.39, 0.29) is 6.10 Å². The molecule has 2 N–H and O–H groups in total. The predicted octanol–water partition coefficient (Wildman–Crippen LogP) is 3.62. The molecule has 0 bridgehead atoms. The summed E-state index contributed by atoms with van der Waals surface area (Å²) in [4.78, 5) is 0. The van der Waals surface area contributed by atoms with Gasteiger partial charge in [-0.3, -0.25) is 0 Å². The van der Waals surface area contributed by atoms with Gasteiger partial charge in [0.1, 0.15) is 18.0 Å². The minimum Gasteiger partial charge on any atom is -0.487 e. The van der Waals surface area contributed by atoms with Gasteiger partial charge in [0.05, 0.1) is 11.1 Å². The summed E-state index contributed by atoms with van der Waals surface area (Å²) in [6.07, 6.45) is 2.17. The lowest BCUT2D eigenvalue weighted by Gasteiger charge is -2.32. The van der Waals surface area contributed by atoms with Crippen molar-refractivity contribution < 1.29 is 15.1 Å². The zero-order valence-corrected chi connectivity index (χ0v) is 18.8. The zero-order valence-electron chi connectivity index (χ0n) is 17.2. The molecule has 0 aliphatic carbocycles. The molecule has 3 aliphatic rings. The van der Waals surface area contributed by atoms with Gasteiger partial charge in [-0.25, -0.2) is 0 Å². The van der Waals surface area contributed by atoms with Gasteiger partial charge >= 0.3 is 0 Å². The van der Waals surface area contributed by atoms with Gasteiger partial charge in [-0.05, 0) is 75.8 Å². The highest BCUT2D eigenvalue weighted by Gasteiger charge is 2.50. The maximum Gasteiger partial charge on any atom is 0.126 e. The van der Waals surface area contributed by atoms with E-state index in [0.29, 0.717) is 11.8 Å². The van der Waals surface area contributed by atoms with Crippen LogP contribution in [0.5, 0.6) is 5.75 Å². The van der Waals surface area contributed by atoms with Crippen LogP contribution in [0.4, 0.5) is 0 Å². The monoisotopic (exact) mass is 423 g/mol. The van der Waals surface area contributed by atoms with Gasteiger partial charge in [0.25, 0.3) is 0 Å². The van der Waals surface area contributed by atoms with E-state index in [1.54, 1.807) is 0 Å². The molecule has 1 aromatic carbocycles. The Hall–Kier alpha value is -0.440. The Balaban J connectivity index is 1.45. The van der Waals surface area contributed by atoms with Crippen LogP contribution in [0.2, 0.25) is 0 Å². The van der Waals surface area contributed by atoms with E-state index in [1.165, 1.54) is 17.2 Å². The van der Waals surface area contributed by atoms with Gasteiger partial charge in [-0.2, -0.15) is 0 Å². The molecule has 3 aliphatic heterocycles. The summed E-state index contributed by atoms with van der Waals surface area (Å²) >= 11 is 0. The summed E-state index contributed by atoms with van der Waals surface area (Å²) in [6, 6.07) is 4.20. The molecule has 28 heavy (non-hydrogen) atoms. The summed E-state index contributed by atoms with van der Waals surface area (Å²) in [5, 5.41) is 28.7. The number of aryl methyl sites for hydroxylation is 1. The van der Waals surface area contributed by atoms with Crippen LogP contribution in [0.1, 0.15) is 57.2 Å². The van der Waals surface area contributed by atoms with Crippen LogP contribution in [0, 0.1) is 0 Å². The van der Waals surface area contributed by atoms with Crippen LogP contribution in [0.15, 0.2) is 12.1 Å². The fourth-order valence-corrected chi connectivity index (χ4v) is 7.55. The van der Waals surface area contributed by atoms with Crippen molar-refractivity contribution in [3.05, 3.63) is 28.8 Å². The largest absolute Gasteiger partial charge is 0.487 e. The SMILES string of the molecule is CC1(C)c2cc3c(cc2C(C)(C)N1[O])OC(C(O)CNCC1CCSS1)CC3. The first-order valence-corrected chi connectivity index (χ1v) is 12.6. The second-order valence-corrected chi connectivity index (χ2v) is 12.0. The Morgan fingerprint density at radius 2 is 1.96 bits per heavy atom. The molecule has 0 amide bonds. The molecular weight excluding hydrogens is 392 g/mol. The van der Waals surface area contributed by atoms with Gasteiger partial charge in [0.2, 0.25) is 0 Å². The van der Waals surface area contributed by atoms with E-state index >= 15 is 0 Å². The Morgan fingerprint density at radius 1 is 1.25 bits per heavy atom. The van der Waals surface area contributed by atoms with Crippen molar-refractivity contribution in [3.8, 4) is 5.75 Å². The number of hydroxylamine groups is 2. The van der Waals surface area contributed by atoms with Crippen LogP contribution >= 0.6 is 21.6 Å². The molecule has 3 unspecified atom stereocenters. The van der Waals surface area contributed by atoms with E-state index in [4.69, 9.17) is 4.74 Å². The number of hydrogen-bond acceptors (Lipinski definition) is 6. The molecule has 155 valence electrons. The number of rotatable bonds is 5. The van der Waals surface area contributed by atoms with E-state index in [9.17, 15) is 10.3 Å². The Morgan fingerprint density at radius 3 is 2.64 bits per heavy atom. The summed E-state index contributed by atoms with van der Waals surface area (Å²) in [6.45, 7) is 9.41. The second-order valence-electron chi connectivity index (χ2n) is 9.17. The fraction of sp³-hybridized carbons (Fsp3) is 0.714. The highest BCUT2D eigenvalue weighted by molar-refractivity contribution is 8.77. The third kappa shape index (κ3) is 3.59. The van der Waals surface area contributed by atoms with Crippen molar-refractivity contribution in [1.29, 1.82) is 0 Å². The quantitative estimate of drug-likeness (QED) is 0.706. The highest BCUT2D eigenvalue weighted by atomic mass is 33.1. The summed E-state index contributed by atoms with van der Waals surface area (Å²) < 4.78 is 6.22. The summed E-state index contributed by atoms with van der Waals surface area (Å²) in [7, 11) is 3.88. The summed E-state index contributed by atoms with van der Waals surface area (Å²) in [5.74, 6) is 2.05. The third-order valence-corrected chi connectivity index (χ3v) is 9.33. The normalized spacial score (nSPS) is 29.2. The molecule has 1 radical (unpaired) electrons. The van der Waals surface area contributed by atoms with E-state index in [0.717, 1.165) is 41.8 Å². The Kier molecular flexibility index (Phi) is 5.70. The standard InChI is InChI=1S/C21H31N2O3S2/c1-20(2)15-9-13-5-6-18(17(24)12-22-11-14-7-8-27-28-14)26-19(13)10-16(15)21(3,4)23(20)25/h9-10,14,17-18,22,24H,5-8,11-12H2,1-4H3. The molecule has 3 atom stereocenters. The zero-order chi connectivity index (χ0) is 20.1. The molecule has 5 nitrogen and oxygen atoms in total. The molecule has 1 saturated heterocycles. The van der Waals surface area contributed by atoms with E-state index in [2.05, 4.69) is 11.4 Å². The fourth-order valence-electron chi connectivity index (χ4n) is 4.68. The number of hydrogen-bond donors (Lipinski definition) is 2. The molecule has 3 heterocycles. The minimum atomic E-state index is -0.582. The number of aliphatic hydroxyl groups is 1. The number of nitrogens with one attached hydrogen (secondary N) is 1. The first-order chi connectivity index (χ1) is 13.2. The van der Waals surface area contributed by atoms with Crippen molar-refractivity contribution in [3.63, 3.8) is 0 Å². The van der Waals surface area contributed by atoms with Gasteiger partial charge in [-0.1, -0.05) is 21.6 Å². The second kappa shape index (κ2) is 7.67.